The molecule has 0 N–H and O–H groups in total. The van der Waals surface area contributed by atoms with Gasteiger partial charge in [0.2, 0.25) is 0 Å². The molecule has 0 fully saturated rings. The highest BCUT2D eigenvalue weighted by Gasteiger charge is 1.99. The molecule has 0 aliphatic rings. The molecular weight excluding hydrogens is 162 g/mol. The van der Waals surface area contributed by atoms with E-state index in [4.69, 9.17) is 4.74 Å². The first-order valence-electron chi connectivity index (χ1n) is 4.49. The van der Waals surface area contributed by atoms with Crippen molar-refractivity contribution in [1.82, 2.24) is 4.57 Å². The Morgan fingerprint density at radius 2 is 2.15 bits per heavy atom. The lowest BCUT2D eigenvalue weighted by Crippen LogP contribution is -1.91. The molecule has 1 aromatic heterocycles. The van der Waals surface area contributed by atoms with E-state index < -0.39 is 0 Å². The summed E-state index contributed by atoms with van der Waals surface area (Å²) in [5.41, 5.74) is 1.21. The quantitative estimate of drug-likeness (QED) is 0.684. The average Bonchev–Trinajstić information content (AvgIpc) is 2.49. The number of benzene rings is 1. The summed E-state index contributed by atoms with van der Waals surface area (Å²) in [6.07, 6.45) is 2.06. The van der Waals surface area contributed by atoms with Crippen LogP contribution in [0.4, 0.5) is 0 Å². The molecule has 0 atom stereocenters. The maximum absolute atomic E-state index is 5.43. The average molecular weight is 175 g/mol. The van der Waals surface area contributed by atoms with E-state index in [2.05, 4.69) is 29.0 Å². The highest BCUT2D eigenvalue weighted by atomic mass is 16.5. The van der Waals surface area contributed by atoms with Crippen LogP contribution in [-0.2, 0) is 7.05 Å². The second-order valence-corrected chi connectivity index (χ2v) is 3.08. The molecule has 68 valence electrons. The minimum Gasteiger partial charge on any atom is -0.494 e. The maximum Gasteiger partial charge on any atom is 0.121 e. The monoisotopic (exact) mass is 175 g/mol. The van der Waals surface area contributed by atoms with Gasteiger partial charge >= 0.3 is 0 Å². The number of ether oxygens (including phenoxy) is 1. The number of hydrogen-bond donors (Lipinski definition) is 0. The summed E-state index contributed by atoms with van der Waals surface area (Å²) in [7, 11) is 2.04. The van der Waals surface area contributed by atoms with E-state index in [0.717, 1.165) is 12.4 Å². The van der Waals surface area contributed by atoms with Crippen LogP contribution in [0.25, 0.3) is 10.9 Å². The van der Waals surface area contributed by atoms with E-state index in [1.165, 1.54) is 10.9 Å². The third-order valence-electron chi connectivity index (χ3n) is 2.17. The topological polar surface area (TPSA) is 14.2 Å². The summed E-state index contributed by atoms with van der Waals surface area (Å²) < 4.78 is 7.52. The lowest BCUT2D eigenvalue weighted by Gasteiger charge is -2.03. The predicted octanol–water partition coefficient (Wildman–Crippen LogP) is 2.58. The van der Waals surface area contributed by atoms with Gasteiger partial charge in [-0.1, -0.05) is 0 Å². The Hall–Kier alpha value is -1.44. The number of rotatable bonds is 2. The number of hydrogen-bond acceptors (Lipinski definition) is 1. The van der Waals surface area contributed by atoms with Crippen molar-refractivity contribution in [3.05, 3.63) is 30.5 Å². The van der Waals surface area contributed by atoms with Crippen LogP contribution in [0.15, 0.2) is 30.5 Å². The van der Waals surface area contributed by atoms with Crippen molar-refractivity contribution in [3.8, 4) is 5.75 Å². The number of aromatic nitrogens is 1. The zero-order valence-corrected chi connectivity index (χ0v) is 7.95. The van der Waals surface area contributed by atoms with Gasteiger partial charge in [0.15, 0.2) is 0 Å². The summed E-state index contributed by atoms with van der Waals surface area (Å²) >= 11 is 0. The van der Waals surface area contributed by atoms with Crippen LogP contribution in [-0.4, -0.2) is 11.2 Å². The number of fused-ring (bicyclic) bond motifs is 1. The molecule has 0 amide bonds. The van der Waals surface area contributed by atoms with Crippen molar-refractivity contribution >= 4 is 10.9 Å². The Morgan fingerprint density at radius 3 is 2.92 bits per heavy atom. The number of aryl methyl sites for hydroxylation is 1. The van der Waals surface area contributed by atoms with Gasteiger partial charge in [-0.05, 0) is 30.5 Å². The molecule has 2 nitrogen and oxygen atoms in total. The van der Waals surface area contributed by atoms with Crippen LogP contribution in [0.5, 0.6) is 5.75 Å². The van der Waals surface area contributed by atoms with Gasteiger partial charge in [-0.3, -0.25) is 0 Å². The Morgan fingerprint density at radius 1 is 1.31 bits per heavy atom. The van der Waals surface area contributed by atoms with Crippen molar-refractivity contribution < 1.29 is 4.74 Å². The third-order valence-corrected chi connectivity index (χ3v) is 2.17. The minimum atomic E-state index is 0.718. The normalized spacial score (nSPS) is 10.6. The fourth-order valence-corrected chi connectivity index (χ4v) is 1.50. The first kappa shape index (κ1) is 8.17. The van der Waals surface area contributed by atoms with Crippen molar-refractivity contribution in [1.29, 1.82) is 0 Å². The van der Waals surface area contributed by atoms with Gasteiger partial charge in [0.25, 0.3) is 0 Å². The molecule has 0 spiro atoms. The highest BCUT2D eigenvalue weighted by molar-refractivity contribution is 5.81. The van der Waals surface area contributed by atoms with E-state index in [-0.39, 0.29) is 0 Å². The third kappa shape index (κ3) is 1.39. The van der Waals surface area contributed by atoms with E-state index in [1.54, 1.807) is 0 Å². The van der Waals surface area contributed by atoms with Crippen LogP contribution in [0, 0.1) is 0 Å². The van der Waals surface area contributed by atoms with Crippen molar-refractivity contribution in [2.24, 2.45) is 7.05 Å². The molecule has 2 aromatic rings. The zero-order valence-electron chi connectivity index (χ0n) is 7.95. The van der Waals surface area contributed by atoms with Crippen LogP contribution in [0.2, 0.25) is 0 Å². The molecule has 1 aromatic carbocycles. The number of nitrogens with zero attached hydrogens (tertiary/aromatic N) is 1. The summed E-state index contributed by atoms with van der Waals surface area (Å²) in [5, 5.41) is 1.26. The molecule has 13 heavy (non-hydrogen) atoms. The van der Waals surface area contributed by atoms with Crippen molar-refractivity contribution in [3.63, 3.8) is 0 Å². The molecule has 0 aliphatic carbocycles. The molecule has 0 saturated heterocycles. The predicted molar refractivity (Wildman–Crippen MR) is 54.1 cm³/mol. The Balaban J connectivity index is 2.53. The van der Waals surface area contributed by atoms with Gasteiger partial charge in [0, 0.05) is 19.3 Å². The van der Waals surface area contributed by atoms with E-state index in [1.807, 2.05) is 20.0 Å². The summed E-state index contributed by atoms with van der Waals surface area (Å²) in [6.45, 7) is 2.71. The van der Waals surface area contributed by atoms with Gasteiger partial charge in [-0.25, -0.2) is 0 Å². The first-order valence-corrected chi connectivity index (χ1v) is 4.49. The molecule has 2 heteroatoms. The molecule has 0 aliphatic heterocycles. The molecule has 0 radical (unpaired) electrons. The lowest BCUT2D eigenvalue weighted by atomic mass is 10.2. The largest absolute Gasteiger partial charge is 0.494 e. The standard InChI is InChI=1S/C11H13NO/c1-3-13-10-5-4-9-6-7-12(2)11(9)8-10/h4-8H,3H2,1-2H3. The molecule has 0 bridgehead atoms. The van der Waals surface area contributed by atoms with Gasteiger partial charge in [-0.15, -0.1) is 0 Å². The minimum absolute atomic E-state index is 0.718. The van der Waals surface area contributed by atoms with Crippen LogP contribution in [0.1, 0.15) is 6.92 Å². The fourth-order valence-electron chi connectivity index (χ4n) is 1.50. The van der Waals surface area contributed by atoms with Gasteiger partial charge in [0.05, 0.1) is 12.1 Å². The summed E-state index contributed by atoms with van der Waals surface area (Å²) in [6, 6.07) is 8.26. The summed E-state index contributed by atoms with van der Waals surface area (Å²) in [5.74, 6) is 0.941. The molecule has 1 heterocycles. The lowest BCUT2D eigenvalue weighted by molar-refractivity contribution is 0.340. The fraction of sp³-hybridized carbons (Fsp3) is 0.273. The molecular formula is C11H13NO. The van der Waals surface area contributed by atoms with Crippen LogP contribution >= 0.6 is 0 Å². The molecule has 0 unspecified atom stereocenters. The SMILES string of the molecule is CCOc1ccc2ccn(C)c2c1. The van der Waals surface area contributed by atoms with E-state index in [9.17, 15) is 0 Å². The van der Waals surface area contributed by atoms with Crippen molar-refractivity contribution in [2.75, 3.05) is 6.61 Å². The van der Waals surface area contributed by atoms with E-state index >= 15 is 0 Å². The zero-order chi connectivity index (χ0) is 9.26. The highest BCUT2D eigenvalue weighted by Crippen LogP contribution is 2.20. The molecule has 0 saturated carbocycles. The molecule has 2 rings (SSSR count). The maximum atomic E-state index is 5.43. The Bertz CT molecular complexity index is 417. The Labute approximate surface area is 77.7 Å². The van der Waals surface area contributed by atoms with Crippen molar-refractivity contribution in [2.45, 2.75) is 6.92 Å². The van der Waals surface area contributed by atoms with Crippen LogP contribution in [0.3, 0.4) is 0 Å². The van der Waals surface area contributed by atoms with Gasteiger partial charge in [-0.2, -0.15) is 0 Å². The first-order chi connectivity index (χ1) is 6.31. The second-order valence-electron chi connectivity index (χ2n) is 3.08. The van der Waals surface area contributed by atoms with Gasteiger partial charge in [0.1, 0.15) is 5.75 Å². The summed E-state index contributed by atoms with van der Waals surface area (Å²) in [4.78, 5) is 0. The Kier molecular flexibility index (Phi) is 1.97. The second kappa shape index (κ2) is 3.13. The smallest absolute Gasteiger partial charge is 0.121 e. The van der Waals surface area contributed by atoms with Crippen LogP contribution < -0.4 is 4.74 Å². The van der Waals surface area contributed by atoms with E-state index in [0.29, 0.717) is 0 Å². The van der Waals surface area contributed by atoms with Gasteiger partial charge < -0.3 is 9.30 Å².